The molecule has 1 amide bonds. The van der Waals surface area contributed by atoms with E-state index in [2.05, 4.69) is 10.6 Å². The molecule has 0 spiro atoms. The lowest BCUT2D eigenvalue weighted by Crippen LogP contribution is -2.27. The molecule has 0 saturated heterocycles. The predicted octanol–water partition coefficient (Wildman–Crippen LogP) is 3.70. The van der Waals surface area contributed by atoms with Gasteiger partial charge in [0.15, 0.2) is 5.78 Å². The van der Waals surface area contributed by atoms with E-state index in [0.717, 1.165) is 17.7 Å². The zero-order chi connectivity index (χ0) is 17.4. The number of hydrogen-bond donors (Lipinski definition) is 2. The Morgan fingerprint density at radius 1 is 1.04 bits per heavy atom. The molecule has 2 aromatic rings. The van der Waals surface area contributed by atoms with Crippen LogP contribution in [-0.4, -0.2) is 24.8 Å². The van der Waals surface area contributed by atoms with Crippen molar-refractivity contribution in [1.82, 2.24) is 5.32 Å². The molecule has 24 heavy (non-hydrogen) atoms. The van der Waals surface area contributed by atoms with E-state index >= 15 is 0 Å². The van der Waals surface area contributed by atoms with Gasteiger partial charge in [-0.05, 0) is 55.3 Å². The second kappa shape index (κ2) is 9.08. The van der Waals surface area contributed by atoms with Gasteiger partial charge in [0.05, 0.1) is 0 Å². The second-order valence-corrected chi connectivity index (χ2v) is 5.98. The fraction of sp³-hybridized carbons (Fsp3) is 0.263. The molecular weight excluding hydrogens is 324 g/mol. The highest BCUT2D eigenvalue weighted by Crippen LogP contribution is 2.11. The van der Waals surface area contributed by atoms with Gasteiger partial charge in [-0.2, -0.15) is 0 Å². The van der Waals surface area contributed by atoms with E-state index in [1.54, 1.807) is 12.1 Å². The first kappa shape index (κ1) is 18.0. The number of nitrogens with one attached hydrogen (secondary N) is 2. The van der Waals surface area contributed by atoms with Crippen LogP contribution in [0.1, 0.15) is 29.3 Å². The first-order valence-corrected chi connectivity index (χ1v) is 8.28. The molecule has 0 aliphatic heterocycles. The van der Waals surface area contributed by atoms with Gasteiger partial charge < -0.3 is 10.6 Å². The Morgan fingerprint density at radius 2 is 1.79 bits per heavy atom. The topological polar surface area (TPSA) is 58.2 Å². The molecule has 0 fully saturated rings. The van der Waals surface area contributed by atoms with E-state index in [4.69, 9.17) is 11.6 Å². The van der Waals surface area contributed by atoms with E-state index in [9.17, 15) is 9.59 Å². The van der Waals surface area contributed by atoms with Crippen LogP contribution >= 0.6 is 11.6 Å². The summed E-state index contributed by atoms with van der Waals surface area (Å²) in [7, 11) is 0. The maximum absolute atomic E-state index is 11.8. The van der Waals surface area contributed by atoms with Crippen LogP contribution in [0.4, 0.5) is 5.69 Å². The van der Waals surface area contributed by atoms with Crippen LogP contribution in [0.2, 0.25) is 5.02 Å². The van der Waals surface area contributed by atoms with Crippen LogP contribution < -0.4 is 10.6 Å². The fourth-order valence-corrected chi connectivity index (χ4v) is 2.48. The highest BCUT2D eigenvalue weighted by molar-refractivity contribution is 6.30. The average molecular weight is 345 g/mol. The second-order valence-electron chi connectivity index (χ2n) is 5.54. The lowest BCUT2D eigenvalue weighted by molar-refractivity contribution is -0.120. The maximum Gasteiger partial charge on any atom is 0.221 e. The van der Waals surface area contributed by atoms with Gasteiger partial charge in [-0.25, -0.2) is 0 Å². The van der Waals surface area contributed by atoms with E-state index in [-0.39, 0.29) is 11.7 Å². The van der Waals surface area contributed by atoms with Crippen molar-refractivity contribution >= 4 is 29.0 Å². The summed E-state index contributed by atoms with van der Waals surface area (Å²) in [6.45, 7) is 2.67. The molecule has 0 atom stereocenters. The number of benzene rings is 2. The summed E-state index contributed by atoms with van der Waals surface area (Å²) in [5.41, 5.74) is 2.68. The van der Waals surface area contributed by atoms with Gasteiger partial charge in [0.2, 0.25) is 5.91 Å². The van der Waals surface area contributed by atoms with Crippen LogP contribution in [0, 0.1) is 0 Å². The molecule has 0 aromatic heterocycles. The van der Waals surface area contributed by atoms with Crippen molar-refractivity contribution in [2.75, 3.05) is 18.4 Å². The normalized spacial score (nSPS) is 10.2. The maximum atomic E-state index is 11.8. The van der Waals surface area contributed by atoms with Crippen molar-refractivity contribution in [3.05, 3.63) is 64.7 Å². The zero-order valence-electron chi connectivity index (χ0n) is 13.6. The molecule has 0 unspecified atom stereocenters. The number of carbonyl (C=O) groups is 2. The lowest BCUT2D eigenvalue weighted by atomic mass is 10.1. The SMILES string of the molecule is CC(=O)c1ccc(NCCC(=O)NCCc2cccc(Cl)c2)cc1. The third-order valence-electron chi connectivity index (χ3n) is 3.60. The highest BCUT2D eigenvalue weighted by atomic mass is 35.5. The Morgan fingerprint density at radius 3 is 2.46 bits per heavy atom. The van der Waals surface area contributed by atoms with Crippen molar-refractivity contribution in [3.8, 4) is 0 Å². The summed E-state index contributed by atoms with van der Waals surface area (Å²) in [6.07, 6.45) is 1.15. The Balaban J connectivity index is 1.65. The van der Waals surface area contributed by atoms with Crippen LogP contribution in [0.15, 0.2) is 48.5 Å². The largest absolute Gasteiger partial charge is 0.385 e. The summed E-state index contributed by atoms with van der Waals surface area (Å²) in [5.74, 6) is 0.0468. The third kappa shape index (κ3) is 6.05. The molecule has 126 valence electrons. The molecule has 2 aromatic carbocycles. The zero-order valence-corrected chi connectivity index (χ0v) is 14.4. The van der Waals surface area contributed by atoms with E-state index in [1.165, 1.54) is 6.92 Å². The van der Waals surface area contributed by atoms with Crippen LogP contribution in [0.3, 0.4) is 0 Å². The minimum Gasteiger partial charge on any atom is -0.385 e. The molecule has 0 aliphatic carbocycles. The van der Waals surface area contributed by atoms with Crippen molar-refractivity contribution < 1.29 is 9.59 Å². The van der Waals surface area contributed by atoms with Gasteiger partial charge in [-0.15, -0.1) is 0 Å². The predicted molar refractivity (Wildman–Crippen MR) is 97.7 cm³/mol. The monoisotopic (exact) mass is 344 g/mol. The quantitative estimate of drug-likeness (QED) is 0.718. The van der Waals surface area contributed by atoms with Crippen molar-refractivity contribution in [2.45, 2.75) is 19.8 Å². The van der Waals surface area contributed by atoms with E-state index in [0.29, 0.717) is 30.1 Å². The number of ketones is 1. The van der Waals surface area contributed by atoms with Gasteiger partial charge in [0, 0.05) is 35.8 Å². The molecule has 0 aliphatic rings. The molecule has 0 bridgehead atoms. The molecule has 5 heteroatoms. The number of hydrogen-bond acceptors (Lipinski definition) is 3. The highest BCUT2D eigenvalue weighted by Gasteiger charge is 2.02. The fourth-order valence-electron chi connectivity index (χ4n) is 2.27. The minimum absolute atomic E-state index is 0.00452. The standard InChI is InChI=1S/C19H21ClN2O2/c1-14(23)16-5-7-18(8-6-16)21-12-10-19(24)22-11-9-15-3-2-4-17(20)13-15/h2-8,13,21H,9-12H2,1H3,(H,22,24). The van der Waals surface area contributed by atoms with E-state index < -0.39 is 0 Å². The van der Waals surface area contributed by atoms with Gasteiger partial charge in [-0.1, -0.05) is 23.7 Å². The number of carbonyl (C=O) groups excluding carboxylic acids is 2. The summed E-state index contributed by atoms with van der Waals surface area (Å²) >= 11 is 5.93. The van der Waals surface area contributed by atoms with Crippen LogP contribution in [0.25, 0.3) is 0 Å². The molecule has 0 radical (unpaired) electrons. The van der Waals surface area contributed by atoms with E-state index in [1.807, 2.05) is 36.4 Å². The molecule has 0 heterocycles. The Bertz CT molecular complexity index is 699. The van der Waals surface area contributed by atoms with Crippen molar-refractivity contribution in [1.29, 1.82) is 0 Å². The van der Waals surface area contributed by atoms with Crippen molar-refractivity contribution in [2.24, 2.45) is 0 Å². The molecule has 2 N–H and O–H groups in total. The molecular formula is C19H21ClN2O2. The summed E-state index contributed by atoms with van der Waals surface area (Å²) in [4.78, 5) is 23.0. The van der Waals surface area contributed by atoms with Crippen molar-refractivity contribution in [3.63, 3.8) is 0 Å². The number of Topliss-reactive ketones (excluding diaryl/α,β-unsaturated/α-hetero) is 1. The number of rotatable bonds is 8. The Labute approximate surface area is 147 Å². The Kier molecular flexibility index (Phi) is 6.82. The summed E-state index contributed by atoms with van der Waals surface area (Å²) in [5, 5.41) is 6.77. The van der Waals surface area contributed by atoms with Gasteiger partial charge >= 0.3 is 0 Å². The Hall–Kier alpha value is -2.33. The smallest absolute Gasteiger partial charge is 0.221 e. The lowest BCUT2D eigenvalue weighted by Gasteiger charge is -2.08. The number of amides is 1. The van der Waals surface area contributed by atoms with Gasteiger partial charge in [0.1, 0.15) is 0 Å². The summed E-state index contributed by atoms with van der Waals surface area (Å²) < 4.78 is 0. The van der Waals surface area contributed by atoms with Crippen LogP contribution in [-0.2, 0) is 11.2 Å². The third-order valence-corrected chi connectivity index (χ3v) is 3.83. The van der Waals surface area contributed by atoms with Gasteiger partial charge in [-0.3, -0.25) is 9.59 Å². The average Bonchev–Trinajstić information content (AvgIpc) is 2.55. The first-order chi connectivity index (χ1) is 11.5. The summed E-state index contributed by atoms with van der Waals surface area (Å²) in [6, 6.07) is 14.9. The molecule has 0 saturated carbocycles. The number of halogens is 1. The first-order valence-electron chi connectivity index (χ1n) is 7.90. The molecule has 4 nitrogen and oxygen atoms in total. The number of anilines is 1. The molecule has 2 rings (SSSR count). The van der Waals surface area contributed by atoms with Gasteiger partial charge in [0.25, 0.3) is 0 Å². The minimum atomic E-state index is 0.00452. The van der Waals surface area contributed by atoms with Crippen LogP contribution in [0.5, 0.6) is 0 Å².